The molecule has 2 aromatic rings. The first-order valence-corrected chi connectivity index (χ1v) is 10.4. The molecule has 0 heterocycles. The molecule has 0 aliphatic heterocycles. The van der Waals surface area contributed by atoms with Gasteiger partial charge in [-0.1, -0.05) is 29.8 Å². The third kappa shape index (κ3) is 6.19. The molecule has 0 fully saturated rings. The molecule has 2 aromatic carbocycles. The largest absolute Gasteiger partial charge is 0.350 e. The van der Waals surface area contributed by atoms with Crippen molar-refractivity contribution >= 4 is 27.7 Å². The molecular weight excluding hydrogens is 356 g/mol. The summed E-state index contributed by atoms with van der Waals surface area (Å²) < 4.78 is 22.5. The Balaban J connectivity index is 1.82. The van der Waals surface area contributed by atoms with E-state index in [4.69, 9.17) is 5.14 Å². The highest BCUT2D eigenvalue weighted by atomic mass is 32.2. The summed E-state index contributed by atoms with van der Waals surface area (Å²) in [6, 6.07) is 14.2. The summed E-state index contributed by atoms with van der Waals surface area (Å²) >= 11 is 1.64. The van der Waals surface area contributed by atoms with Gasteiger partial charge in [0.2, 0.25) is 15.9 Å². The van der Waals surface area contributed by atoms with Crippen molar-refractivity contribution in [1.29, 1.82) is 0 Å². The van der Waals surface area contributed by atoms with Crippen molar-refractivity contribution in [2.24, 2.45) is 5.14 Å². The minimum Gasteiger partial charge on any atom is -0.350 e. The van der Waals surface area contributed by atoms with Crippen molar-refractivity contribution in [3.8, 4) is 0 Å². The SMILES string of the molecule is Cc1ccc(SCCC(=O)N[C@@H](C)c2ccc(S(N)(=O)=O)cc2)cc1. The number of carbonyl (C=O) groups is 1. The van der Waals surface area contributed by atoms with Crippen LogP contribution in [0.4, 0.5) is 0 Å². The van der Waals surface area contributed by atoms with E-state index in [2.05, 4.69) is 17.4 Å². The molecule has 0 saturated heterocycles. The van der Waals surface area contributed by atoms with Crippen molar-refractivity contribution in [2.75, 3.05) is 5.75 Å². The van der Waals surface area contributed by atoms with Gasteiger partial charge in [-0.3, -0.25) is 4.79 Å². The average molecular weight is 379 g/mol. The van der Waals surface area contributed by atoms with Gasteiger partial charge >= 0.3 is 0 Å². The normalized spacial score (nSPS) is 12.6. The molecule has 25 heavy (non-hydrogen) atoms. The lowest BCUT2D eigenvalue weighted by atomic mass is 10.1. The molecule has 0 bridgehead atoms. The van der Waals surface area contributed by atoms with Crippen molar-refractivity contribution in [3.05, 3.63) is 59.7 Å². The van der Waals surface area contributed by atoms with Gasteiger partial charge in [-0.25, -0.2) is 13.6 Å². The van der Waals surface area contributed by atoms with Gasteiger partial charge in [0.1, 0.15) is 0 Å². The van der Waals surface area contributed by atoms with E-state index < -0.39 is 10.0 Å². The average Bonchev–Trinajstić information content (AvgIpc) is 2.56. The summed E-state index contributed by atoms with van der Waals surface area (Å²) in [6.45, 7) is 3.90. The lowest BCUT2D eigenvalue weighted by Gasteiger charge is -2.14. The van der Waals surface area contributed by atoms with Crippen molar-refractivity contribution in [2.45, 2.75) is 36.1 Å². The van der Waals surface area contributed by atoms with E-state index >= 15 is 0 Å². The first-order chi connectivity index (χ1) is 11.8. The molecule has 0 aliphatic rings. The quantitative estimate of drug-likeness (QED) is 0.725. The maximum atomic E-state index is 12.1. The molecule has 0 aromatic heterocycles. The highest BCUT2D eigenvalue weighted by Crippen LogP contribution is 2.20. The van der Waals surface area contributed by atoms with Crippen LogP contribution >= 0.6 is 11.8 Å². The number of benzene rings is 2. The molecule has 1 amide bonds. The third-order valence-electron chi connectivity index (χ3n) is 3.70. The molecule has 3 N–H and O–H groups in total. The number of hydrogen-bond acceptors (Lipinski definition) is 4. The van der Waals surface area contributed by atoms with Crippen LogP contribution in [0.5, 0.6) is 0 Å². The van der Waals surface area contributed by atoms with Crippen molar-refractivity contribution < 1.29 is 13.2 Å². The number of primary sulfonamides is 1. The number of amides is 1. The zero-order valence-electron chi connectivity index (χ0n) is 14.2. The van der Waals surface area contributed by atoms with E-state index in [-0.39, 0.29) is 16.8 Å². The van der Waals surface area contributed by atoms with E-state index in [1.165, 1.54) is 17.7 Å². The van der Waals surface area contributed by atoms with Crippen LogP contribution < -0.4 is 10.5 Å². The van der Waals surface area contributed by atoms with Gasteiger partial charge in [0.25, 0.3) is 0 Å². The monoisotopic (exact) mass is 378 g/mol. The highest BCUT2D eigenvalue weighted by Gasteiger charge is 2.12. The number of aryl methyl sites for hydroxylation is 1. The summed E-state index contributed by atoms with van der Waals surface area (Å²) in [5.74, 6) is 0.661. The first-order valence-electron chi connectivity index (χ1n) is 7.87. The summed E-state index contributed by atoms with van der Waals surface area (Å²) in [5.41, 5.74) is 2.04. The van der Waals surface area contributed by atoms with E-state index in [1.807, 2.05) is 26.0 Å². The Labute approximate surface area is 153 Å². The maximum absolute atomic E-state index is 12.1. The zero-order chi connectivity index (χ0) is 18.4. The van der Waals surface area contributed by atoms with E-state index in [1.54, 1.807) is 23.9 Å². The first kappa shape index (κ1) is 19.5. The minimum absolute atomic E-state index is 0.0392. The van der Waals surface area contributed by atoms with Crippen LogP contribution in [0.1, 0.15) is 30.5 Å². The van der Waals surface area contributed by atoms with Gasteiger partial charge in [-0.2, -0.15) is 0 Å². The van der Waals surface area contributed by atoms with E-state index in [9.17, 15) is 13.2 Å². The molecule has 0 saturated carbocycles. The highest BCUT2D eigenvalue weighted by molar-refractivity contribution is 7.99. The summed E-state index contributed by atoms with van der Waals surface area (Å²) in [5, 5.41) is 7.99. The number of nitrogens with one attached hydrogen (secondary N) is 1. The third-order valence-corrected chi connectivity index (χ3v) is 5.65. The van der Waals surface area contributed by atoms with Crippen LogP contribution in [0, 0.1) is 6.92 Å². The number of sulfonamides is 1. The van der Waals surface area contributed by atoms with Gasteiger partial charge < -0.3 is 5.32 Å². The molecule has 2 rings (SSSR count). The Morgan fingerprint density at radius 3 is 2.28 bits per heavy atom. The maximum Gasteiger partial charge on any atom is 0.238 e. The topological polar surface area (TPSA) is 89.3 Å². The molecule has 5 nitrogen and oxygen atoms in total. The standard InChI is InChI=1S/C18H22N2O3S2/c1-13-3-7-16(8-4-13)24-12-11-18(21)20-14(2)15-5-9-17(10-6-15)25(19,22)23/h3-10,14H,11-12H2,1-2H3,(H,20,21)(H2,19,22,23)/t14-/m0/s1. The van der Waals surface area contributed by atoms with Gasteiger partial charge in [0.05, 0.1) is 10.9 Å². The molecule has 0 unspecified atom stereocenters. The molecule has 0 aliphatic carbocycles. The Kier molecular flexibility index (Phi) is 6.64. The fraction of sp³-hybridized carbons (Fsp3) is 0.278. The van der Waals surface area contributed by atoms with Crippen molar-refractivity contribution in [1.82, 2.24) is 5.32 Å². The molecule has 0 spiro atoms. The lowest BCUT2D eigenvalue weighted by Crippen LogP contribution is -2.26. The molecule has 0 radical (unpaired) electrons. The molecule has 7 heteroatoms. The second-order valence-corrected chi connectivity index (χ2v) is 8.54. The number of hydrogen-bond donors (Lipinski definition) is 2. The Morgan fingerprint density at radius 2 is 1.72 bits per heavy atom. The van der Waals surface area contributed by atoms with Crippen LogP contribution in [0.15, 0.2) is 58.3 Å². The Hall–Kier alpha value is -1.83. The van der Waals surface area contributed by atoms with Gasteiger partial charge in [-0.05, 0) is 43.7 Å². The Morgan fingerprint density at radius 1 is 1.12 bits per heavy atom. The lowest BCUT2D eigenvalue weighted by molar-refractivity contribution is -0.121. The van der Waals surface area contributed by atoms with Crippen LogP contribution in [0.25, 0.3) is 0 Å². The summed E-state index contributed by atoms with van der Waals surface area (Å²) in [6.07, 6.45) is 0.415. The van der Waals surface area contributed by atoms with E-state index in [0.29, 0.717) is 12.2 Å². The smallest absolute Gasteiger partial charge is 0.238 e. The van der Waals surface area contributed by atoms with Gasteiger partial charge in [0, 0.05) is 17.1 Å². The number of rotatable bonds is 7. The fourth-order valence-corrected chi connectivity index (χ4v) is 3.61. The molecule has 134 valence electrons. The predicted molar refractivity (Wildman–Crippen MR) is 101 cm³/mol. The van der Waals surface area contributed by atoms with Crippen LogP contribution in [0.3, 0.4) is 0 Å². The minimum atomic E-state index is -3.70. The second-order valence-electron chi connectivity index (χ2n) is 5.81. The molecular formula is C18H22N2O3S2. The number of nitrogens with two attached hydrogens (primary N) is 1. The van der Waals surface area contributed by atoms with Crippen molar-refractivity contribution in [3.63, 3.8) is 0 Å². The number of thioether (sulfide) groups is 1. The van der Waals surface area contributed by atoms with Gasteiger partial charge in [0.15, 0.2) is 0 Å². The second kappa shape index (κ2) is 8.51. The fourth-order valence-electron chi connectivity index (χ4n) is 2.24. The molecule has 1 atom stereocenters. The van der Waals surface area contributed by atoms with Crippen LogP contribution in [0.2, 0.25) is 0 Å². The zero-order valence-corrected chi connectivity index (χ0v) is 15.9. The summed E-state index contributed by atoms with van der Waals surface area (Å²) in [4.78, 5) is 13.3. The summed E-state index contributed by atoms with van der Waals surface area (Å²) in [7, 11) is -3.70. The van der Waals surface area contributed by atoms with Crippen LogP contribution in [-0.4, -0.2) is 20.1 Å². The van der Waals surface area contributed by atoms with E-state index in [0.717, 1.165) is 10.5 Å². The Bertz CT molecular complexity index is 816. The van der Waals surface area contributed by atoms with Gasteiger partial charge in [-0.15, -0.1) is 11.8 Å². The van der Waals surface area contributed by atoms with Crippen LogP contribution in [-0.2, 0) is 14.8 Å². The predicted octanol–water partition coefficient (Wildman–Crippen LogP) is 3.00. The number of carbonyl (C=O) groups excluding carboxylic acids is 1.